The van der Waals surface area contributed by atoms with Crippen molar-refractivity contribution >= 4 is 17.4 Å². The summed E-state index contributed by atoms with van der Waals surface area (Å²) in [6.45, 7) is 0. The Morgan fingerprint density at radius 1 is 0.815 bits per heavy atom. The summed E-state index contributed by atoms with van der Waals surface area (Å²) >= 11 is 0. The molecule has 1 aliphatic rings. The summed E-state index contributed by atoms with van der Waals surface area (Å²) in [5.74, 6) is -0.0629. The molecule has 7 N–H and O–H groups in total. The van der Waals surface area contributed by atoms with Crippen LogP contribution in [0.1, 0.15) is 27.8 Å². The van der Waals surface area contributed by atoms with E-state index in [1.165, 1.54) is 0 Å². The highest BCUT2D eigenvalue weighted by Gasteiger charge is 2.41. The number of anilines is 1. The molecule has 0 saturated heterocycles. The Labute approximate surface area is 158 Å². The third kappa shape index (κ3) is 2.73. The molecule has 0 aliphatic carbocycles. The molecule has 1 heterocycles. The molecular formula is C22H21N5. The number of benzene rings is 3. The summed E-state index contributed by atoms with van der Waals surface area (Å²) in [5.41, 5.74) is 16.4. The van der Waals surface area contributed by atoms with Gasteiger partial charge in [0.2, 0.25) is 0 Å². The molecule has 5 nitrogen and oxygen atoms in total. The highest BCUT2D eigenvalue weighted by molar-refractivity contribution is 6.03. The molecule has 0 unspecified atom stereocenters. The maximum absolute atomic E-state index is 8.02. The van der Waals surface area contributed by atoms with E-state index in [9.17, 15) is 0 Å². The van der Waals surface area contributed by atoms with Gasteiger partial charge in [0.25, 0.3) is 0 Å². The van der Waals surface area contributed by atoms with Gasteiger partial charge >= 0.3 is 0 Å². The predicted octanol–water partition coefficient (Wildman–Crippen LogP) is 3.17. The molecule has 3 aromatic rings. The van der Waals surface area contributed by atoms with Gasteiger partial charge < -0.3 is 16.8 Å². The number of amidine groups is 2. The molecule has 0 radical (unpaired) electrons. The normalized spacial score (nSPS) is 14.2. The van der Waals surface area contributed by atoms with Crippen molar-refractivity contribution in [2.45, 2.75) is 12.0 Å². The summed E-state index contributed by atoms with van der Waals surface area (Å²) in [6, 6.07) is 24.1. The van der Waals surface area contributed by atoms with Gasteiger partial charge in [0.15, 0.2) is 0 Å². The SMILES string of the molecule is N=C(N)c1cc2c(c(C(=N)N)c1)CC(c1ccccc1)(c1ccccc1)N2. The molecule has 0 atom stereocenters. The zero-order valence-corrected chi connectivity index (χ0v) is 14.8. The van der Waals surface area contributed by atoms with E-state index in [4.69, 9.17) is 22.3 Å². The van der Waals surface area contributed by atoms with Gasteiger partial charge in [-0.2, -0.15) is 0 Å². The third-order valence-corrected chi connectivity index (χ3v) is 5.17. The summed E-state index contributed by atoms with van der Waals surface area (Å²) in [7, 11) is 0. The number of nitrogens with one attached hydrogen (secondary N) is 3. The van der Waals surface area contributed by atoms with Crippen LogP contribution in [0.3, 0.4) is 0 Å². The largest absolute Gasteiger partial charge is 0.384 e. The number of nitrogen functional groups attached to an aromatic ring is 2. The van der Waals surface area contributed by atoms with Gasteiger partial charge in [-0.05, 0) is 28.8 Å². The Kier molecular flexibility index (Phi) is 3.92. The quantitative estimate of drug-likeness (QED) is 0.366. The van der Waals surface area contributed by atoms with Gasteiger partial charge in [-0.25, -0.2) is 0 Å². The second-order valence-corrected chi connectivity index (χ2v) is 6.82. The fourth-order valence-corrected chi connectivity index (χ4v) is 3.87. The summed E-state index contributed by atoms with van der Waals surface area (Å²) in [5, 5.41) is 19.5. The van der Waals surface area contributed by atoms with Gasteiger partial charge in [-0.3, -0.25) is 10.8 Å². The van der Waals surface area contributed by atoms with Crippen molar-refractivity contribution in [3.63, 3.8) is 0 Å². The summed E-state index contributed by atoms with van der Waals surface area (Å²) < 4.78 is 0. The standard InChI is InChI=1S/C22H21N5/c23-20(24)14-11-17(21(25)26)18-13-22(27-19(18)12-14,15-7-3-1-4-8-15)16-9-5-2-6-10-16/h1-12,27H,13H2,(H3,23,24)(H3,25,26). The van der Waals surface area contributed by atoms with E-state index >= 15 is 0 Å². The van der Waals surface area contributed by atoms with Gasteiger partial charge in [0.05, 0.1) is 5.54 Å². The molecular weight excluding hydrogens is 334 g/mol. The van der Waals surface area contributed by atoms with Crippen LogP contribution in [0.4, 0.5) is 5.69 Å². The first-order chi connectivity index (χ1) is 13.0. The van der Waals surface area contributed by atoms with Crippen LogP contribution in [0.2, 0.25) is 0 Å². The minimum absolute atomic E-state index is 0.0203. The Morgan fingerprint density at radius 3 is 1.85 bits per heavy atom. The fraction of sp³-hybridized carbons (Fsp3) is 0.0909. The van der Waals surface area contributed by atoms with Crippen LogP contribution in [0.15, 0.2) is 72.8 Å². The lowest BCUT2D eigenvalue weighted by Crippen LogP contribution is -2.34. The molecule has 1 aliphatic heterocycles. The van der Waals surface area contributed by atoms with E-state index in [2.05, 4.69) is 29.6 Å². The van der Waals surface area contributed by atoms with Gasteiger partial charge in [0.1, 0.15) is 11.7 Å². The monoisotopic (exact) mass is 355 g/mol. The Morgan fingerprint density at radius 2 is 1.37 bits per heavy atom. The molecule has 0 fully saturated rings. The second kappa shape index (κ2) is 6.29. The van der Waals surface area contributed by atoms with Crippen molar-refractivity contribution in [1.29, 1.82) is 10.8 Å². The number of nitrogens with two attached hydrogens (primary N) is 2. The van der Waals surface area contributed by atoms with Gasteiger partial charge in [0, 0.05) is 23.2 Å². The van der Waals surface area contributed by atoms with E-state index in [1.807, 2.05) is 42.5 Å². The molecule has 3 aromatic carbocycles. The topological polar surface area (TPSA) is 112 Å². The van der Waals surface area contributed by atoms with Gasteiger partial charge in [-0.1, -0.05) is 60.7 Å². The lowest BCUT2D eigenvalue weighted by Gasteiger charge is -2.31. The lowest BCUT2D eigenvalue weighted by atomic mass is 9.80. The second-order valence-electron chi connectivity index (χ2n) is 6.82. The highest BCUT2D eigenvalue weighted by Crippen LogP contribution is 2.45. The van der Waals surface area contributed by atoms with E-state index in [1.54, 1.807) is 6.07 Å². The number of rotatable bonds is 4. The average Bonchev–Trinajstić information content (AvgIpc) is 3.09. The molecule has 0 spiro atoms. The van der Waals surface area contributed by atoms with Crippen LogP contribution in [0.25, 0.3) is 0 Å². The van der Waals surface area contributed by atoms with E-state index < -0.39 is 5.54 Å². The Balaban J connectivity index is 1.95. The first-order valence-electron chi connectivity index (χ1n) is 8.76. The number of hydrogen-bond acceptors (Lipinski definition) is 3. The molecule has 0 bridgehead atoms. The molecule has 5 heteroatoms. The number of hydrogen-bond donors (Lipinski definition) is 5. The van der Waals surface area contributed by atoms with Crippen molar-refractivity contribution in [2.75, 3.05) is 5.32 Å². The molecule has 134 valence electrons. The smallest absolute Gasteiger partial charge is 0.123 e. The Hall–Kier alpha value is -3.60. The van der Waals surface area contributed by atoms with Crippen LogP contribution in [-0.2, 0) is 12.0 Å². The molecule has 0 saturated carbocycles. The molecule has 0 amide bonds. The summed E-state index contributed by atoms with van der Waals surface area (Å²) in [4.78, 5) is 0. The average molecular weight is 355 g/mol. The third-order valence-electron chi connectivity index (χ3n) is 5.17. The van der Waals surface area contributed by atoms with Crippen molar-refractivity contribution in [3.05, 3.63) is 101 Å². The lowest BCUT2D eigenvalue weighted by molar-refractivity contribution is 0.617. The van der Waals surface area contributed by atoms with Crippen molar-refractivity contribution in [2.24, 2.45) is 11.5 Å². The van der Waals surface area contributed by atoms with Crippen LogP contribution in [-0.4, -0.2) is 11.7 Å². The zero-order chi connectivity index (χ0) is 19.0. The van der Waals surface area contributed by atoms with Crippen molar-refractivity contribution in [3.8, 4) is 0 Å². The van der Waals surface area contributed by atoms with Crippen molar-refractivity contribution in [1.82, 2.24) is 0 Å². The Bertz CT molecular complexity index is 986. The highest BCUT2D eigenvalue weighted by atomic mass is 15.0. The minimum Gasteiger partial charge on any atom is -0.384 e. The van der Waals surface area contributed by atoms with E-state index in [0.29, 0.717) is 17.5 Å². The fourth-order valence-electron chi connectivity index (χ4n) is 3.87. The predicted molar refractivity (Wildman–Crippen MR) is 109 cm³/mol. The zero-order valence-electron chi connectivity index (χ0n) is 14.8. The first kappa shape index (κ1) is 16.8. The van der Waals surface area contributed by atoms with E-state index in [0.717, 1.165) is 22.4 Å². The van der Waals surface area contributed by atoms with Crippen LogP contribution in [0, 0.1) is 10.8 Å². The van der Waals surface area contributed by atoms with Crippen LogP contribution >= 0.6 is 0 Å². The maximum Gasteiger partial charge on any atom is 0.123 e. The molecule has 27 heavy (non-hydrogen) atoms. The molecule has 4 rings (SSSR count). The molecule has 0 aromatic heterocycles. The van der Waals surface area contributed by atoms with Crippen LogP contribution in [0.5, 0.6) is 0 Å². The van der Waals surface area contributed by atoms with Crippen LogP contribution < -0.4 is 16.8 Å². The summed E-state index contributed by atoms with van der Waals surface area (Å²) in [6.07, 6.45) is 0.656. The van der Waals surface area contributed by atoms with E-state index in [-0.39, 0.29) is 11.7 Å². The first-order valence-corrected chi connectivity index (χ1v) is 8.76. The maximum atomic E-state index is 8.02. The van der Waals surface area contributed by atoms with Gasteiger partial charge in [-0.15, -0.1) is 0 Å². The van der Waals surface area contributed by atoms with Crippen molar-refractivity contribution < 1.29 is 0 Å². The number of fused-ring (bicyclic) bond motifs is 1. The minimum atomic E-state index is -0.468.